The van der Waals surface area contributed by atoms with Gasteiger partial charge in [0.25, 0.3) is 5.91 Å². The maximum Gasteiger partial charge on any atom is 0.394 e. The van der Waals surface area contributed by atoms with Crippen molar-refractivity contribution in [3.63, 3.8) is 0 Å². The predicted molar refractivity (Wildman–Crippen MR) is 136 cm³/mol. The minimum absolute atomic E-state index is 0.0103. The second kappa shape index (κ2) is 8.33. The van der Waals surface area contributed by atoms with Crippen LogP contribution in [0, 0.1) is 5.41 Å². The fraction of sp³-hybridized carbons (Fsp3) is 0.481. The molecule has 6 rings (SSSR count). The first kappa shape index (κ1) is 25.4. The Kier molecular flexibility index (Phi) is 5.44. The summed E-state index contributed by atoms with van der Waals surface area (Å²) in [6.45, 7) is 2.01. The van der Waals surface area contributed by atoms with Crippen LogP contribution in [0.5, 0.6) is 0 Å². The van der Waals surface area contributed by atoms with Crippen molar-refractivity contribution in [2.75, 3.05) is 11.1 Å². The topological polar surface area (TPSA) is 142 Å². The summed E-state index contributed by atoms with van der Waals surface area (Å²) in [6, 6.07) is 8.52. The summed E-state index contributed by atoms with van der Waals surface area (Å²) in [6.07, 6.45) is -1.39. The maximum absolute atomic E-state index is 13.6. The summed E-state index contributed by atoms with van der Waals surface area (Å²) in [5.74, 6) is -0.672. The van der Waals surface area contributed by atoms with Crippen LogP contribution in [0.15, 0.2) is 34.9 Å². The van der Waals surface area contributed by atoms with Crippen LogP contribution in [-0.2, 0) is 22.2 Å². The predicted octanol–water partition coefficient (Wildman–Crippen LogP) is 4.67. The van der Waals surface area contributed by atoms with E-state index in [4.69, 9.17) is 16.0 Å². The molecule has 2 bridgehead atoms. The number of benzene rings is 1. The van der Waals surface area contributed by atoms with Crippen molar-refractivity contribution in [2.24, 2.45) is 11.1 Å². The Labute approximate surface area is 222 Å². The van der Waals surface area contributed by atoms with Crippen LogP contribution in [0.3, 0.4) is 0 Å². The number of nitrogen functional groups attached to an aromatic ring is 1. The van der Waals surface area contributed by atoms with Crippen molar-refractivity contribution in [2.45, 2.75) is 75.4 Å². The number of nitrogens with two attached hydrogens (primary N) is 2. The van der Waals surface area contributed by atoms with E-state index in [2.05, 4.69) is 15.6 Å². The molecule has 2 aromatic heterocycles. The molecule has 0 aliphatic heterocycles. The Balaban J connectivity index is 1.13. The number of nitrogens with one attached hydrogen (secondary N) is 1. The number of rotatable bonds is 7. The largest absolute Gasteiger partial charge is 0.394 e. The molecule has 12 heteroatoms. The highest BCUT2D eigenvalue weighted by molar-refractivity contribution is 6.03. The zero-order valence-corrected chi connectivity index (χ0v) is 21.4. The lowest BCUT2D eigenvalue weighted by atomic mass is 9.80. The molecule has 3 saturated carbocycles. The second-order valence-electron chi connectivity index (χ2n) is 11.6. The molecule has 0 unspecified atom stereocenters. The van der Waals surface area contributed by atoms with Gasteiger partial charge in [0.2, 0.25) is 11.8 Å². The smallest absolute Gasteiger partial charge is 0.383 e. The molecule has 0 spiro atoms. The monoisotopic (exact) mass is 542 g/mol. The van der Waals surface area contributed by atoms with E-state index in [1.165, 1.54) is 0 Å². The van der Waals surface area contributed by atoms with E-state index in [9.17, 15) is 22.8 Å². The number of aromatic nitrogens is 3. The fourth-order valence-corrected chi connectivity index (χ4v) is 6.35. The zero-order chi connectivity index (χ0) is 27.8. The summed E-state index contributed by atoms with van der Waals surface area (Å²) in [7, 11) is 0. The molecule has 0 saturated heterocycles. The van der Waals surface area contributed by atoms with Gasteiger partial charge in [-0.2, -0.15) is 18.3 Å². The number of anilines is 2. The SMILES string of the molecule is CC1(n2nc(-c3ccc(CC(=O)Nc4cc(C56CCC(C(F)(F)F)(CC5)C6)no4)cc3)c(C(N)=O)c2N)CC1. The van der Waals surface area contributed by atoms with Crippen LogP contribution in [0.2, 0.25) is 0 Å². The van der Waals surface area contributed by atoms with Crippen molar-refractivity contribution in [3.8, 4) is 11.3 Å². The van der Waals surface area contributed by atoms with Gasteiger partial charge in [-0.05, 0) is 57.4 Å². The molecule has 1 aromatic carbocycles. The third-order valence-corrected chi connectivity index (χ3v) is 9.00. The Morgan fingerprint density at radius 1 is 1.10 bits per heavy atom. The number of halogens is 3. The normalized spacial score (nSPS) is 25.1. The molecule has 5 N–H and O–H groups in total. The second-order valence-corrected chi connectivity index (χ2v) is 11.6. The number of nitrogens with zero attached hydrogens (tertiary/aromatic N) is 3. The molecule has 39 heavy (non-hydrogen) atoms. The zero-order valence-electron chi connectivity index (χ0n) is 21.4. The van der Waals surface area contributed by atoms with E-state index < -0.39 is 22.9 Å². The highest BCUT2D eigenvalue weighted by Crippen LogP contribution is 2.67. The molecule has 2 heterocycles. The highest BCUT2D eigenvalue weighted by Gasteiger charge is 2.67. The van der Waals surface area contributed by atoms with Crippen molar-refractivity contribution in [3.05, 3.63) is 47.2 Å². The first-order valence-electron chi connectivity index (χ1n) is 13.0. The van der Waals surface area contributed by atoms with Crippen LogP contribution < -0.4 is 16.8 Å². The summed E-state index contributed by atoms with van der Waals surface area (Å²) < 4.78 is 47.8. The lowest BCUT2D eigenvalue weighted by molar-refractivity contribution is -0.220. The van der Waals surface area contributed by atoms with Crippen LogP contribution in [0.1, 0.15) is 73.5 Å². The highest BCUT2D eigenvalue weighted by atomic mass is 19.4. The molecular weight excluding hydrogens is 513 g/mol. The van der Waals surface area contributed by atoms with Crippen LogP contribution in [0.25, 0.3) is 11.3 Å². The number of hydrogen-bond donors (Lipinski definition) is 3. The van der Waals surface area contributed by atoms with Gasteiger partial charge in [-0.3, -0.25) is 14.9 Å². The van der Waals surface area contributed by atoms with Crippen LogP contribution in [0.4, 0.5) is 24.9 Å². The molecule has 0 atom stereocenters. The molecule has 3 aliphatic carbocycles. The lowest BCUT2D eigenvalue weighted by Gasteiger charge is -2.29. The van der Waals surface area contributed by atoms with E-state index in [0.29, 0.717) is 35.4 Å². The van der Waals surface area contributed by atoms with Crippen LogP contribution in [-0.4, -0.2) is 32.9 Å². The summed E-state index contributed by atoms with van der Waals surface area (Å²) in [4.78, 5) is 24.8. The molecule has 9 nitrogen and oxygen atoms in total. The summed E-state index contributed by atoms with van der Waals surface area (Å²) in [5, 5.41) is 11.3. The van der Waals surface area contributed by atoms with Crippen molar-refractivity contribution >= 4 is 23.5 Å². The van der Waals surface area contributed by atoms with Gasteiger partial charge in [0, 0.05) is 17.0 Å². The van der Waals surface area contributed by atoms with E-state index >= 15 is 0 Å². The van der Waals surface area contributed by atoms with E-state index in [1.807, 2.05) is 6.92 Å². The molecular formula is C27H29F3N6O3. The van der Waals surface area contributed by atoms with Gasteiger partial charge in [0.1, 0.15) is 17.1 Å². The maximum atomic E-state index is 13.6. The number of carbonyl (C=O) groups excluding carboxylic acids is 2. The molecule has 3 aliphatic rings. The van der Waals surface area contributed by atoms with Gasteiger partial charge >= 0.3 is 6.18 Å². The standard InChI is InChI=1S/C27H29F3N6O3/c1-24(6-7-24)36-22(31)20(23(32)38)21(34-36)16-4-2-15(3-5-16)12-18(37)33-19-13-17(35-39-19)25-8-10-26(14-25,11-9-25)27(28,29)30/h2-5,13H,6-12,14,31H2,1H3,(H2,32,38)(H,33,37). The number of primary amides is 1. The third-order valence-electron chi connectivity index (χ3n) is 9.00. The van der Waals surface area contributed by atoms with Crippen molar-refractivity contribution in [1.29, 1.82) is 0 Å². The number of carbonyl (C=O) groups is 2. The number of alkyl halides is 3. The minimum Gasteiger partial charge on any atom is -0.383 e. The average Bonchev–Trinajstić information content (AvgIpc) is 3.31. The number of amides is 2. The van der Waals surface area contributed by atoms with Crippen LogP contribution >= 0.6 is 0 Å². The lowest BCUT2D eigenvalue weighted by Crippen LogP contribution is -2.33. The molecule has 0 radical (unpaired) electrons. The average molecular weight is 543 g/mol. The van der Waals surface area contributed by atoms with Gasteiger partial charge in [0.05, 0.1) is 23.1 Å². The van der Waals surface area contributed by atoms with E-state index in [-0.39, 0.29) is 54.4 Å². The third kappa shape index (κ3) is 4.07. The van der Waals surface area contributed by atoms with Crippen molar-refractivity contribution in [1.82, 2.24) is 14.9 Å². The van der Waals surface area contributed by atoms with Gasteiger partial charge < -0.3 is 16.0 Å². The molecule has 206 valence electrons. The Morgan fingerprint density at radius 2 is 1.77 bits per heavy atom. The first-order valence-corrected chi connectivity index (χ1v) is 13.0. The van der Waals surface area contributed by atoms with E-state index in [1.54, 1.807) is 35.0 Å². The van der Waals surface area contributed by atoms with Gasteiger partial charge in [-0.15, -0.1) is 0 Å². The van der Waals surface area contributed by atoms with Gasteiger partial charge in [-0.1, -0.05) is 29.4 Å². The molecule has 3 aromatic rings. The Morgan fingerprint density at radius 3 is 2.33 bits per heavy atom. The fourth-order valence-electron chi connectivity index (χ4n) is 6.35. The molecule has 2 amide bonds. The van der Waals surface area contributed by atoms with Gasteiger partial charge in [-0.25, -0.2) is 4.68 Å². The number of fused-ring (bicyclic) bond motifs is 2. The van der Waals surface area contributed by atoms with Crippen molar-refractivity contribution < 1.29 is 27.3 Å². The Bertz CT molecular complexity index is 1460. The Hall–Kier alpha value is -3.83. The van der Waals surface area contributed by atoms with E-state index in [0.717, 1.165) is 12.8 Å². The summed E-state index contributed by atoms with van der Waals surface area (Å²) >= 11 is 0. The first-order chi connectivity index (χ1) is 18.3. The number of hydrogen-bond acceptors (Lipinski definition) is 6. The quantitative estimate of drug-likeness (QED) is 0.396. The summed E-state index contributed by atoms with van der Waals surface area (Å²) in [5.41, 5.74) is 11.7. The minimum atomic E-state index is -4.23. The van der Waals surface area contributed by atoms with Gasteiger partial charge in [0.15, 0.2) is 0 Å². The molecule has 3 fully saturated rings.